The van der Waals surface area contributed by atoms with Crippen molar-refractivity contribution in [3.8, 4) is 0 Å². The number of ether oxygens (including phenoxy) is 2. The Labute approximate surface area is 201 Å². The summed E-state index contributed by atoms with van der Waals surface area (Å²) in [5.41, 5.74) is 0. The summed E-state index contributed by atoms with van der Waals surface area (Å²) >= 11 is 0. The highest BCUT2D eigenvalue weighted by molar-refractivity contribution is 6.91. The molecule has 10 nitrogen and oxygen atoms in total. The third kappa shape index (κ3) is 8.84. The quantitative estimate of drug-likeness (QED) is 0.209. The molecule has 0 N–H and O–H groups in total. The van der Waals surface area contributed by atoms with Crippen molar-refractivity contribution in [2.24, 2.45) is 0 Å². The van der Waals surface area contributed by atoms with Crippen LogP contribution >= 0.6 is 0 Å². The van der Waals surface area contributed by atoms with E-state index in [0.29, 0.717) is 13.2 Å². The number of hydrogen-bond donors (Lipinski definition) is 0. The molecule has 2 saturated heterocycles. The highest BCUT2D eigenvalue weighted by Crippen LogP contribution is 2.35. The molecule has 0 aliphatic carbocycles. The maximum absolute atomic E-state index is 6.88. The Morgan fingerprint density at radius 1 is 0.750 bits per heavy atom. The highest BCUT2D eigenvalue weighted by atomic mass is 28.5. The summed E-state index contributed by atoms with van der Waals surface area (Å²) in [6.07, 6.45) is 1.07. The summed E-state index contributed by atoms with van der Waals surface area (Å²) in [6.45, 7) is 11.8. The molecule has 6 atom stereocenters. The van der Waals surface area contributed by atoms with Crippen LogP contribution in [0.3, 0.4) is 0 Å². The van der Waals surface area contributed by atoms with E-state index >= 15 is 0 Å². The third-order valence-electron chi connectivity index (χ3n) is 5.42. The van der Waals surface area contributed by atoms with Crippen LogP contribution in [0.15, 0.2) is 0 Å². The molecule has 2 fully saturated rings. The van der Waals surface area contributed by atoms with Crippen LogP contribution in [-0.2, 0) is 43.3 Å². The van der Waals surface area contributed by atoms with Crippen LogP contribution in [0.4, 0.5) is 0 Å². The van der Waals surface area contributed by atoms with Crippen LogP contribution in [0.25, 0.3) is 0 Å². The van der Waals surface area contributed by atoms with Gasteiger partial charge in [-0.05, 0) is 31.6 Å². The summed E-state index contributed by atoms with van der Waals surface area (Å²) in [7, 11) is -9.06. The normalized spacial score (nSPS) is 43.3. The Balaban J connectivity index is 2.31. The van der Waals surface area contributed by atoms with Crippen LogP contribution in [-0.4, -0.2) is 101 Å². The van der Waals surface area contributed by atoms with Gasteiger partial charge >= 0.3 is 43.5 Å². The Hall–Kier alpha value is 0.901. The predicted octanol–water partition coefficient (Wildman–Crippen LogP) is 1.46. The summed E-state index contributed by atoms with van der Waals surface area (Å²) in [4.78, 5) is 0. The summed E-state index contributed by atoms with van der Waals surface area (Å²) in [6, 6.07) is 2.64. The van der Waals surface area contributed by atoms with Crippen molar-refractivity contribution in [1.29, 1.82) is 0 Å². The van der Waals surface area contributed by atoms with E-state index in [1.54, 1.807) is 21.3 Å². The fourth-order valence-electron chi connectivity index (χ4n) is 3.80. The van der Waals surface area contributed by atoms with Gasteiger partial charge in [0, 0.05) is 57.8 Å². The molecular formula is C16H42O10Si6. The van der Waals surface area contributed by atoms with Crippen LogP contribution in [0.2, 0.25) is 50.9 Å². The van der Waals surface area contributed by atoms with Gasteiger partial charge in [0.2, 0.25) is 0 Å². The van der Waals surface area contributed by atoms with Crippen molar-refractivity contribution in [2.75, 3.05) is 41.2 Å². The van der Waals surface area contributed by atoms with Gasteiger partial charge in [-0.25, -0.2) is 0 Å². The van der Waals surface area contributed by atoms with Crippen molar-refractivity contribution in [1.82, 2.24) is 0 Å². The molecule has 16 heteroatoms. The van der Waals surface area contributed by atoms with Crippen LogP contribution in [0, 0.1) is 0 Å². The second kappa shape index (κ2) is 11.8. The zero-order valence-electron chi connectivity index (χ0n) is 21.1. The van der Waals surface area contributed by atoms with Gasteiger partial charge in [0.15, 0.2) is 0 Å². The van der Waals surface area contributed by atoms with E-state index in [2.05, 4.69) is 13.1 Å². The van der Waals surface area contributed by atoms with Gasteiger partial charge in [0.05, 0.1) is 13.2 Å². The molecule has 2 aliphatic rings. The SMILES string of the molecule is CO[Si]1(C)O[Si](C)(CC[SiH3])O[Si](C)(CCCOCC2CO2)O[Si](C)(OC)O[Si](C)(OC)O1. The molecule has 0 radical (unpaired) electrons. The van der Waals surface area contributed by atoms with Gasteiger partial charge in [-0.1, -0.05) is 6.04 Å². The average Bonchev–Trinajstić information content (AvgIpc) is 3.50. The average molecular weight is 563 g/mol. The lowest BCUT2D eigenvalue weighted by molar-refractivity contribution is 0.0839. The van der Waals surface area contributed by atoms with Gasteiger partial charge < -0.3 is 43.3 Å². The van der Waals surface area contributed by atoms with Gasteiger partial charge in [-0.15, -0.1) is 0 Å². The minimum absolute atomic E-state index is 0.257. The van der Waals surface area contributed by atoms with Gasteiger partial charge in [-0.3, -0.25) is 0 Å². The van der Waals surface area contributed by atoms with E-state index in [1.165, 1.54) is 0 Å². The minimum Gasteiger partial charge on any atom is -0.416 e. The van der Waals surface area contributed by atoms with E-state index in [-0.39, 0.29) is 6.10 Å². The first-order valence-corrected chi connectivity index (χ1v) is 24.3. The van der Waals surface area contributed by atoms with Crippen molar-refractivity contribution < 1.29 is 43.3 Å². The van der Waals surface area contributed by atoms with Crippen molar-refractivity contribution in [2.45, 2.75) is 63.4 Å². The zero-order valence-corrected chi connectivity index (χ0v) is 28.1. The smallest absolute Gasteiger partial charge is 0.416 e. The molecule has 0 saturated carbocycles. The number of rotatable bonds is 11. The lowest BCUT2D eigenvalue weighted by Gasteiger charge is -2.47. The minimum atomic E-state index is -3.18. The second-order valence-corrected chi connectivity index (χ2v) is 25.9. The fourth-order valence-corrected chi connectivity index (χ4v) is 29.9. The van der Waals surface area contributed by atoms with Crippen molar-refractivity contribution in [3.63, 3.8) is 0 Å². The van der Waals surface area contributed by atoms with E-state index in [4.69, 9.17) is 43.3 Å². The van der Waals surface area contributed by atoms with E-state index < -0.39 is 43.5 Å². The van der Waals surface area contributed by atoms with E-state index in [0.717, 1.165) is 41.4 Å². The van der Waals surface area contributed by atoms with E-state index in [9.17, 15) is 0 Å². The first kappa shape index (κ1) is 29.1. The predicted molar refractivity (Wildman–Crippen MR) is 134 cm³/mol. The summed E-state index contributed by atoms with van der Waals surface area (Å²) in [5, 5.41) is 0. The zero-order chi connectivity index (χ0) is 24.1. The Bertz CT molecular complexity index is 608. The van der Waals surface area contributed by atoms with Crippen LogP contribution in [0.5, 0.6) is 0 Å². The van der Waals surface area contributed by atoms with Gasteiger partial charge in [0.25, 0.3) is 0 Å². The molecular weight excluding hydrogens is 521 g/mol. The molecule has 0 bridgehead atoms. The topological polar surface area (TPSA) is 95.6 Å². The molecule has 32 heavy (non-hydrogen) atoms. The summed E-state index contributed by atoms with van der Waals surface area (Å²) < 4.78 is 61.3. The summed E-state index contributed by atoms with van der Waals surface area (Å²) in [5.74, 6) is 0. The largest absolute Gasteiger partial charge is 0.482 e. The molecule has 0 amide bonds. The molecule has 0 aromatic rings. The van der Waals surface area contributed by atoms with E-state index in [1.807, 2.05) is 19.6 Å². The molecule has 2 rings (SSSR count). The van der Waals surface area contributed by atoms with Crippen molar-refractivity contribution in [3.05, 3.63) is 0 Å². The molecule has 0 aromatic carbocycles. The second-order valence-electron chi connectivity index (χ2n) is 8.86. The van der Waals surface area contributed by atoms with Crippen LogP contribution in [0.1, 0.15) is 6.42 Å². The standard InChI is InChI=1S/C16H42O10Si6/c1-17-30(6)23-28(4,12-9-10-20-14-16-15-21-16)22-29(5,13-11-27)24-31(7,18-2)26-32(8,19-3)25-30/h16H,9-15H2,1-8,27H3. The third-order valence-corrected chi connectivity index (χ3v) is 27.6. The fraction of sp³-hybridized carbons (Fsp3) is 1.00. The molecule has 2 heterocycles. The molecule has 0 aromatic heterocycles. The Morgan fingerprint density at radius 2 is 1.22 bits per heavy atom. The van der Waals surface area contributed by atoms with Gasteiger partial charge in [-0.2, -0.15) is 0 Å². The molecule has 190 valence electrons. The van der Waals surface area contributed by atoms with Gasteiger partial charge in [0.1, 0.15) is 6.10 Å². The first-order chi connectivity index (χ1) is 14.9. The lowest BCUT2D eigenvalue weighted by Crippen LogP contribution is -2.68. The first-order valence-electron chi connectivity index (χ1n) is 11.2. The molecule has 6 unspecified atom stereocenters. The maximum atomic E-state index is 6.88. The Kier molecular flexibility index (Phi) is 10.7. The Morgan fingerprint density at radius 3 is 1.66 bits per heavy atom. The highest BCUT2D eigenvalue weighted by Gasteiger charge is 2.59. The molecule has 2 aliphatic heterocycles. The van der Waals surface area contributed by atoms with Crippen LogP contribution < -0.4 is 0 Å². The van der Waals surface area contributed by atoms with Crippen molar-refractivity contribution >= 4 is 53.8 Å². The lowest BCUT2D eigenvalue weighted by atomic mass is 10.5. The monoisotopic (exact) mass is 562 g/mol. The number of epoxide rings is 1. The maximum Gasteiger partial charge on any atom is 0.482 e. The number of hydrogen-bond acceptors (Lipinski definition) is 10. The molecule has 0 spiro atoms.